The fraction of sp³-hybridized carbons (Fsp3) is 0.538. The molecular formula is C26H32F3N3O. The van der Waals surface area contributed by atoms with Gasteiger partial charge in [-0.3, -0.25) is 9.88 Å². The predicted molar refractivity (Wildman–Crippen MR) is 122 cm³/mol. The Bertz CT molecular complexity index is 964. The van der Waals surface area contributed by atoms with Crippen LogP contribution in [0.4, 0.5) is 13.2 Å². The van der Waals surface area contributed by atoms with Crippen LogP contribution in [0.2, 0.25) is 0 Å². The zero-order chi connectivity index (χ0) is 24.3. The Morgan fingerprint density at radius 2 is 1.88 bits per heavy atom. The summed E-state index contributed by atoms with van der Waals surface area (Å²) < 4.78 is 48.1. The SMILES string of the molecule is CCO[C@@H](C(F)(F)F)[C@]1(CCc2ccc(C#N)cc2)CCN(C(C)(C)c2ccc(C)nc2)C1. The molecule has 0 bridgehead atoms. The van der Waals surface area contributed by atoms with Crippen LogP contribution < -0.4 is 0 Å². The van der Waals surface area contributed by atoms with Crippen LogP contribution in [0.3, 0.4) is 0 Å². The summed E-state index contributed by atoms with van der Waals surface area (Å²) in [7, 11) is 0. The number of likely N-dealkylation sites (tertiary alicyclic amines) is 1. The number of hydrogen-bond acceptors (Lipinski definition) is 4. The molecule has 3 rings (SSSR count). The topological polar surface area (TPSA) is 49.1 Å². The summed E-state index contributed by atoms with van der Waals surface area (Å²) in [6, 6.07) is 13.1. The van der Waals surface area contributed by atoms with Gasteiger partial charge >= 0.3 is 6.18 Å². The van der Waals surface area contributed by atoms with E-state index < -0.39 is 23.2 Å². The molecule has 2 atom stereocenters. The van der Waals surface area contributed by atoms with E-state index in [-0.39, 0.29) is 13.2 Å². The van der Waals surface area contributed by atoms with Crippen molar-refractivity contribution >= 4 is 0 Å². The largest absolute Gasteiger partial charge is 0.415 e. The van der Waals surface area contributed by atoms with Crippen LogP contribution in [0.15, 0.2) is 42.6 Å². The first kappa shape index (κ1) is 25.2. The Morgan fingerprint density at radius 3 is 2.42 bits per heavy atom. The van der Waals surface area contributed by atoms with Crippen molar-refractivity contribution in [3.8, 4) is 6.07 Å². The minimum Gasteiger partial charge on any atom is -0.368 e. The van der Waals surface area contributed by atoms with E-state index in [1.807, 2.05) is 51.2 Å². The molecule has 0 unspecified atom stereocenters. The van der Waals surface area contributed by atoms with E-state index in [2.05, 4.69) is 16.0 Å². The summed E-state index contributed by atoms with van der Waals surface area (Å²) in [6.45, 7) is 8.45. The van der Waals surface area contributed by atoms with Crippen molar-refractivity contribution in [2.45, 2.75) is 64.8 Å². The van der Waals surface area contributed by atoms with Gasteiger partial charge in [0.15, 0.2) is 6.10 Å². The quantitative estimate of drug-likeness (QED) is 0.501. The lowest BCUT2D eigenvalue weighted by Gasteiger charge is -2.41. The Kier molecular flexibility index (Phi) is 7.50. The summed E-state index contributed by atoms with van der Waals surface area (Å²) in [6.07, 6.45) is -3.23. The van der Waals surface area contributed by atoms with E-state index in [4.69, 9.17) is 10.00 Å². The third-order valence-electron chi connectivity index (χ3n) is 6.98. The highest BCUT2D eigenvalue weighted by molar-refractivity contribution is 5.31. The van der Waals surface area contributed by atoms with Gasteiger partial charge in [0.05, 0.1) is 11.6 Å². The summed E-state index contributed by atoms with van der Waals surface area (Å²) in [5, 5.41) is 9.01. The van der Waals surface area contributed by atoms with Crippen molar-refractivity contribution in [2.24, 2.45) is 5.41 Å². The second-order valence-corrected chi connectivity index (χ2v) is 9.47. The first-order valence-electron chi connectivity index (χ1n) is 11.4. The van der Waals surface area contributed by atoms with Gasteiger partial charge in [-0.1, -0.05) is 18.2 Å². The van der Waals surface area contributed by atoms with Crippen LogP contribution in [0.5, 0.6) is 0 Å². The van der Waals surface area contributed by atoms with E-state index in [1.165, 1.54) is 0 Å². The predicted octanol–water partition coefficient (Wildman–Crippen LogP) is 5.79. The van der Waals surface area contributed by atoms with Gasteiger partial charge in [-0.05, 0) is 82.8 Å². The molecule has 1 fully saturated rings. The second kappa shape index (κ2) is 9.82. The van der Waals surface area contributed by atoms with Crippen molar-refractivity contribution in [3.63, 3.8) is 0 Å². The van der Waals surface area contributed by atoms with Crippen LogP contribution >= 0.6 is 0 Å². The number of nitriles is 1. The number of pyridine rings is 1. The normalized spacial score (nSPS) is 20.5. The number of ether oxygens (including phenoxy) is 1. The van der Waals surface area contributed by atoms with Crippen molar-refractivity contribution in [1.29, 1.82) is 5.26 Å². The average molecular weight is 460 g/mol. The van der Waals surface area contributed by atoms with Gasteiger partial charge in [0.25, 0.3) is 0 Å². The maximum absolute atomic E-state index is 14.2. The highest BCUT2D eigenvalue weighted by Gasteiger charge is 2.57. The number of rotatable bonds is 8. The Morgan fingerprint density at radius 1 is 1.18 bits per heavy atom. The maximum atomic E-state index is 14.2. The first-order chi connectivity index (χ1) is 15.5. The molecule has 1 aromatic carbocycles. The maximum Gasteiger partial charge on any atom is 0.415 e. The molecule has 1 aliphatic rings. The first-order valence-corrected chi connectivity index (χ1v) is 11.4. The minimum absolute atomic E-state index is 0.00800. The molecular weight excluding hydrogens is 427 g/mol. The lowest BCUT2D eigenvalue weighted by molar-refractivity contribution is -0.254. The Labute approximate surface area is 194 Å². The number of alkyl halides is 3. The molecule has 33 heavy (non-hydrogen) atoms. The summed E-state index contributed by atoms with van der Waals surface area (Å²) >= 11 is 0. The van der Waals surface area contributed by atoms with Gasteiger partial charge < -0.3 is 4.74 Å². The third-order valence-corrected chi connectivity index (χ3v) is 6.98. The monoisotopic (exact) mass is 459 g/mol. The molecule has 1 aliphatic heterocycles. The fourth-order valence-corrected chi connectivity index (χ4v) is 4.86. The van der Waals surface area contributed by atoms with Crippen LogP contribution in [0.1, 0.15) is 56.0 Å². The van der Waals surface area contributed by atoms with Crippen molar-refractivity contribution in [1.82, 2.24) is 9.88 Å². The number of hydrogen-bond donors (Lipinski definition) is 0. The standard InChI is InChI=1S/C26H32F3N3O/c1-5-33-23(26(27,28)29)25(13-12-20-7-9-21(16-30)10-8-20)14-15-32(18-25)24(3,4)22-11-6-19(2)31-17-22/h6-11,17,23H,5,12-15,18H2,1-4H3/t23-,25-/m1/s1. The van der Waals surface area contributed by atoms with Gasteiger partial charge in [0, 0.05) is 36.0 Å². The smallest absolute Gasteiger partial charge is 0.368 e. The molecule has 0 amide bonds. The molecule has 0 spiro atoms. The van der Waals surface area contributed by atoms with Gasteiger partial charge in [-0.2, -0.15) is 18.4 Å². The average Bonchev–Trinajstić information content (AvgIpc) is 3.22. The molecule has 0 saturated carbocycles. The number of benzene rings is 1. The van der Waals surface area contributed by atoms with Gasteiger partial charge in [-0.25, -0.2) is 0 Å². The molecule has 2 heterocycles. The molecule has 0 aliphatic carbocycles. The molecule has 2 aromatic rings. The lowest BCUT2D eigenvalue weighted by Crippen LogP contribution is -2.50. The highest BCUT2D eigenvalue weighted by atomic mass is 19.4. The highest BCUT2D eigenvalue weighted by Crippen LogP contribution is 2.49. The van der Waals surface area contributed by atoms with Crippen LogP contribution in [-0.4, -0.2) is 41.9 Å². The van der Waals surface area contributed by atoms with Gasteiger partial charge in [-0.15, -0.1) is 0 Å². The molecule has 1 saturated heterocycles. The summed E-state index contributed by atoms with van der Waals surface area (Å²) in [5.41, 5.74) is 1.83. The van der Waals surface area contributed by atoms with Crippen molar-refractivity contribution in [3.05, 3.63) is 65.0 Å². The molecule has 4 nitrogen and oxygen atoms in total. The van der Waals surface area contributed by atoms with E-state index >= 15 is 0 Å². The minimum atomic E-state index is -4.45. The second-order valence-electron chi connectivity index (χ2n) is 9.47. The van der Waals surface area contributed by atoms with Crippen molar-refractivity contribution in [2.75, 3.05) is 19.7 Å². The van der Waals surface area contributed by atoms with Crippen LogP contribution in [0, 0.1) is 23.7 Å². The van der Waals surface area contributed by atoms with E-state index in [1.54, 1.807) is 19.1 Å². The molecule has 178 valence electrons. The van der Waals surface area contributed by atoms with Crippen LogP contribution in [-0.2, 0) is 16.7 Å². The zero-order valence-corrected chi connectivity index (χ0v) is 19.7. The van der Waals surface area contributed by atoms with E-state index in [9.17, 15) is 13.2 Å². The van der Waals surface area contributed by atoms with Crippen molar-refractivity contribution < 1.29 is 17.9 Å². The molecule has 7 heteroatoms. The Balaban J connectivity index is 1.90. The Hall–Kier alpha value is -2.43. The summed E-state index contributed by atoms with van der Waals surface area (Å²) in [5.74, 6) is 0. The van der Waals surface area contributed by atoms with E-state index in [0.717, 1.165) is 16.8 Å². The number of halogens is 3. The van der Waals surface area contributed by atoms with Crippen LogP contribution in [0.25, 0.3) is 0 Å². The van der Waals surface area contributed by atoms with Gasteiger partial charge in [0.2, 0.25) is 0 Å². The number of nitrogens with zero attached hydrogens (tertiary/aromatic N) is 3. The lowest BCUT2D eigenvalue weighted by atomic mass is 9.75. The third kappa shape index (κ3) is 5.56. The molecule has 1 aromatic heterocycles. The molecule has 0 radical (unpaired) electrons. The number of aromatic nitrogens is 1. The molecule has 0 N–H and O–H groups in total. The summed E-state index contributed by atoms with van der Waals surface area (Å²) in [4.78, 5) is 6.53. The van der Waals surface area contributed by atoms with Gasteiger partial charge in [0.1, 0.15) is 0 Å². The number of aryl methyl sites for hydroxylation is 2. The zero-order valence-electron chi connectivity index (χ0n) is 19.7. The van der Waals surface area contributed by atoms with E-state index in [0.29, 0.717) is 31.4 Å². The fourth-order valence-electron chi connectivity index (χ4n) is 4.86.